The zero-order chi connectivity index (χ0) is 16.8. The number of carboxylic acids is 1. The van der Waals surface area contributed by atoms with Crippen molar-refractivity contribution in [1.29, 1.82) is 0 Å². The number of carbonyl (C=O) groups is 2. The Morgan fingerprint density at radius 3 is 2.43 bits per heavy atom. The molecule has 2 aromatic carbocycles. The van der Waals surface area contributed by atoms with E-state index >= 15 is 0 Å². The summed E-state index contributed by atoms with van der Waals surface area (Å²) in [5.41, 5.74) is 1.29. The molecular weight excluding hydrogens is 365 g/mol. The molecule has 0 unspecified atom stereocenters. The first kappa shape index (κ1) is 17.1. The van der Waals surface area contributed by atoms with E-state index in [1.165, 1.54) is 18.2 Å². The van der Waals surface area contributed by atoms with Crippen molar-refractivity contribution in [2.24, 2.45) is 0 Å². The van der Waals surface area contributed by atoms with Crippen molar-refractivity contribution in [1.82, 2.24) is 5.32 Å². The highest BCUT2D eigenvalue weighted by molar-refractivity contribution is 9.10. The van der Waals surface area contributed by atoms with Gasteiger partial charge in [0.1, 0.15) is 11.9 Å². The molecule has 2 rings (SSSR count). The minimum Gasteiger partial charge on any atom is -0.480 e. The van der Waals surface area contributed by atoms with Gasteiger partial charge in [-0.2, -0.15) is 0 Å². The van der Waals surface area contributed by atoms with Gasteiger partial charge in [0.25, 0.3) is 0 Å². The lowest BCUT2D eigenvalue weighted by molar-refractivity contribution is -0.141. The molecule has 0 aliphatic rings. The Bertz CT molecular complexity index is 703. The summed E-state index contributed by atoms with van der Waals surface area (Å²) in [6, 6.07) is 11.8. The summed E-state index contributed by atoms with van der Waals surface area (Å²) in [4.78, 5) is 23.3. The second kappa shape index (κ2) is 7.87. The quantitative estimate of drug-likeness (QED) is 0.810. The Balaban J connectivity index is 1.99. The maximum Gasteiger partial charge on any atom is 0.326 e. The number of rotatable bonds is 6. The monoisotopic (exact) mass is 379 g/mol. The van der Waals surface area contributed by atoms with Crippen LogP contribution in [-0.2, 0) is 22.4 Å². The van der Waals surface area contributed by atoms with Gasteiger partial charge < -0.3 is 10.4 Å². The molecule has 120 valence electrons. The number of halogens is 2. The zero-order valence-electron chi connectivity index (χ0n) is 12.1. The van der Waals surface area contributed by atoms with E-state index in [1.807, 2.05) is 12.1 Å². The van der Waals surface area contributed by atoms with Gasteiger partial charge >= 0.3 is 5.97 Å². The molecule has 0 saturated heterocycles. The van der Waals surface area contributed by atoms with E-state index in [9.17, 15) is 19.1 Å². The van der Waals surface area contributed by atoms with Gasteiger partial charge in [0.15, 0.2) is 0 Å². The van der Waals surface area contributed by atoms with E-state index < -0.39 is 23.7 Å². The van der Waals surface area contributed by atoms with Gasteiger partial charge in [-0.1, -0.05) is 40.2 Å². The average Bonchev–Trinajstić information content (AvgIpc) is 2.48. The maximum atomic E-state index is 13.1. The summed E-state index contributed by atoms with van der Waals surface area (Å²) < 4.78 is 14.0. The fraction of sp³-hybridized carbons (Fsp3) is 0.176. The molecule has 0 spiro atoms. The van der Waals surface area contributed by atoms with Gasteiger partial charge in [-0.25, -0.2) is 9.18 Å². The fourth-order valence-corrected chi connectivity index (χ4v) is 2.40. The van der Waals surface area contributed by atoms with Gasteiger partial charge in [-0.05, 0) is 35.4 Å². The number of hydrogen-bond donors (Lipinski definition) is 2. The van der Waals surface area contributed by atoms with Gasteiger partial charge in [-0.15, -0.1) is 0 Å². The Hall–Kier alpha value is -2.21. The lowest BCUT2D eigenvalue weighted by Crippen LogP contribution is -2.43. The summed E-state index contributed by atoms with van der Waals surface area (Å²) in [7, 11) is 0. The molecule has 0 aliphatic carbocycles. The summed E-state index contributed by atoms with van der Waals surface area (Å²) in [5.74, 6) is -2.00. The molecule has 2 aromatic rings. The predicted molar refractivity (Wildman–Crippen MR) is 87.5 cm³/mol. The SMILES string of the molecule is O=C(Cc1cccc(F)c1)N[C@H](Cc1ccc(Br)cc1)C(=O)O. The topological polar surface area (TPSA) is 66.4 Å². The van der Waals surface area contributed by atoms with Crippen molar-refractivity contribution >= 4 is 27.8 Å². The average molecular weight is 380 g/mol. The molecule has 1 amide bonds. The van der Waals surface area contributed by atoms with Crippen molar-refractivity contribution < 1.29 is 19.1 Å². The van der Waals surface area contributed by atoms with Gasteiger partial charge in [-0.3, -0.25) is 4.79 Å². The first-order valence-electron chi connectivity index (χ1n) is 6.95. The number of carboxylic acid groups (broad SMARTS) is 1. The third kappa shape index (κ3) is 5.49. The number of carbonyl (C=O) groups excluding carboxylic acids is 1. The maximum absolute atomic E-state index is 13.1. The third-order valence-corrected chi connectivity index (χ3v) is 3.77. The van der Waals surface area contributed by atoms with E-state index in [0.29, 0.717) is 5.56 Å². The Labute approximate surface area is 141 Å². The molecule has 0 bridgehead atoms. The van der Waals surface area contributed by atoms with E-state index in [0.717, 1.165) is 10.0 Å². The van der Waals surface area contributed by atoms with Crippen LogP contribution in [0.5, 0.6) is 0 Å². The molecule has 0 radical (unpaired) electrons. The molecular formula is C17H15BrFNO3. The van der Waals surface area contributed by atoms with Crippen LogP contribution in [0.1, 0.15) is 11.1 Å². The fourth-order valence-electron chi connectivity index (χ4n) is 2.13. The summed E-state index contributed by atoms with van der Waals surface area (Å²) >= 11 is 3.31. The molecule has 6 heteroatoms. The number of hydrogen-bond acceptors (Lipinski definition) is 2. The number of nitrogens with one attached hydrogen (secondary N) is 1. The van der Waals surface area contributed by atoms with Crippen LogP contribution in [0.15, 0.2) is 53.0 Å². The lowest BCUT2D eigenvalue weighted by atomic mass is 10.1. The summed E-state index contributed by atoms with van der Waals surface area (Å²) in [6.45, 7) is 0. The normalized spacial score (nSPS) is 11.7. The van der Waals surface area contributed by atoms with Crippen molar-refractivity contribution in [3.63, 3.8) is 0 Å². The molecule has 0 heterocycles. The Morgan fingerprint density at radius 1 is 1.13 bits per heavy atom. The van der Waals surface area contributed by atoms with Crippen LogP contribution < -0.4 is 5.32 Å². The number of benzene rings is 2. The predicted octanol–water partition coefficient (Wildman–Crippen LogP) is 2.94. The van der Waals surface area contributed by atoms with Crippen molar-refractivity contribution in [2.45, 2.75) is 18.9 Å². The number of aliphatic carboxylic acids is 1. The van der Waals surface area contributed by atoms with Gasteiger partial charge in [0.05, 0.1) is 6.42 Å². The highest BCUT2D eigenvalue weighted by atomic mass is 79.9. The Kier molecular flexibility index (Phi) is 5.87. The van der Waals surface area contributed by atoms with Crippen LogP contribution in [0.3, 0.4) is 0 Å². The van der Waals surface area contributed by atoms with Gasteiger partial charge in [0, 0.05) is 10.9 Å². The second-order valence-corrected chi connectivity index (χ2v) is 6.01. The van der Waals surface area contributed by atoms with Crippen LogP contribution in [0, 0.1) is 5.82 Å². The molecule has 4 nitrogen and oxygen atoms in total. The minimum absolute atomic E-state index is 0.0676. The van der Waals surface area contributed by atoms with E-state index in [-0.39, 0.29) is 12.8 Å². The van der Waals surface area contributed by atoms with Crippen molar-refractivity contribution in [2.75, 3.05) is 0 Å². The highest BCUT2D eigenvalue weighted by Crippen LogP contribution is 2.12. The zero-order valence-corrected chi connectivity index (χ0v) is 13.7. The number of amides is 1. The first-order valence-corrected chi connectivity index (χ1v) is 7.74. The van der Waals surface area contributed by atoms with Crippen molar-refractivity contribution in [3.05, 3.63) is 69.9 Å². The smallest absolute Gasteiger partial charge is 0.326 e. The van der Waals surface area contributed by atoms with E-state index in [1.54, 1.807) is 18.2 Å². The molecule has 0 saturated carbocycles. The minimum atomic E-state index is -1.11. The molecule has 0 aliphatic heterocycles. The van der Waals surface area contributed by atoms with Crippen molar-refractivity contribution in [3.8, 4) is 0 Å². The van der Waals surface area contributed by atoms with Crippen LogP contribution in [0.2, 0.25) is 0 Å². The largest absolute Gasteiger partial charge is 0.480 e. The van der Waals surface area contributed by atoms with Crippen LogP contribution in [0.25, 0.3) is 0 Å². The highest BCUT2D eigenvalue weighted by Gasteiger charge is 2.20. The van der Waals surface area contributed by atoms with Crippen LogP contribution >= 0.6 is 15.9 Å². The molecule has 2 N–H and O–H groups in total. The van der Waals surface area contributed by atoms with E-state index in [2.05, 4.69) is 21.2 Å². The molecule has 1 atom stereocenters. The summed E-state index contributed by atoms with van der Waals surface area (Å²) in [5, 5.41) is 11.7. The summed E-state index contributed by atoms with van der Waals surface area (Å²) in [6.07, 6.45) is 0.110. The van der Waals surface area contributed by atoms with E-state index in [4.69, 9.17) is 0 Å². The lowest BCUT2D eigenvalue weighted by Gasteiger charge is -2.15. The first-order chi connectivity index (χ1) is 10.9. The van der Waals surface area contributed by atoms with Crippen LogP contribution in [0.4, 0.5) is 4.39 Å². The van der Waals surface area contributed by atoms with Crippen LogP contribution in [-0.4, -0.2) is 23.0 Å². The second-order valence-electron chi connectivity index (χ2n) is 5.10. The Morgan fingerprint density at radius 2 is 1.83 bits per heavy atom. The molecule has 0 aromatic heterocycles. The molecule has 0 fully saturated rings. The third-order valence-electron chi connectivity index (χ3n) is 3.24. The molecule has 23 heavy (non-hydrogen) atoms. The van der Waals surface area contributed by atoms with Gasteiger partial charge in [0.2, 0.25) is 5.91 Å². The standard InChI is InChI=1S/C17H15BrFNO3/c18-13-6-4-11(5-7-13)9-15(17(22)23)20-16(21)10-12-2-1-3-14(19)8-12/h1-8,15H,9-10H2,(H,20,21)(H,22,23)/t15-/m1/s1.